The van der Waals surface area contributed by atoms with Gasteiger partial charge < -0.3 is 4.74 Å². The lowest BCUT2D eigenvalue weighted by molar-refractivity contribution is -0.117. The van der Waals surface area contributed by atoms with E-state index < -0.39 is 0 Å². The number of rotatable bonds is 3. The zero-order chi connectivity index (χ0) is 15.1. The first kappa shape index (κ1) is 14.0. The number of anilines is 1. The highest BCUT2D eigenvalue weighted by Crippen LogP contribution is 2.57. The fourth-order valence-electron chi connectivity index (χ4n) is 2.78. The van der Waals surface area contributed by atoms with E-state index in [1.54, 1.807) is 23.5 Å². The molecule has 2 aromatic carbocycles. The fourth-order valence-corrected chi connectivity index (χ4v) is 5.77. The van der Waals surface area contributed by atoms with Crippen LogP contribution in [0, 0.1) is 0 Å². The summed E-state index contributed by atoms with van der Waals surface area (Å²) in [6, 6.07) is 16.0. The molecule has 0 N–H and O–H groups in total. The van der Waals surface area contributed by atoms with Gasteiger partial charge in [-0.05, 0) is 30.7 Å². The van der Waals surface area contributed by atoms with Gasteiger partial charge in [0.15, 0.2) is 0 Å². The Morgan fingerprint density at radius 1 is 1.18 bits per heavy atom. The van der Waals surface area contributed by atoms with Crippen LogP contribution in [0.25, 0.3) is 0 Å². The van der Waals surface area contributed by atoms with Crippen molar-refractivity contribution in [2.24, 2.45) is 0 Å². The summed E-state index contributed by atoms with van der Waals surface area (Å²) in [5.41, 5.74) is 2.09. The predicted octanol–water partition coefficient (Wildman–Crippen LogP) is 4.30. The largest absolute Gasteiger partial charge is 0.494 e. The molecule has 1 saturated heterocycles. The Balaban J connectivity index is 1.64. The van der Waals surface area contributed by atoms with Gasteiger partial charge in [0.2, 0.25) is 5.91 Å². The number of hydrogen-bond acceptors (Lipinski definition) is 4. The molecule has 0 bridgehead atoms. The third-order valence-electron chi connectivity index (χ3n) is 3.76. The Hall–Kier alpha value is -1.59. The van der Waals surface area contributed by atoms with Gasteiger partial charge in [0.1, 0.15) is 15.7 Å². The van der Waals surface area contributed by atoms with Gasteiger partial charge >= 0.3 is 0 Å². The molecular formula is C17H15NO2S2. The molecule has 0 aliphatic carbocycles. The minimum absolute atomic E-state index is 0.0987. The number of amides is 1. The third kappa shape index (κ3) is 2.20. The molecule has 5 heteroatoms. The van der Waals surface area contributed by atoms with E-state index in [2.05, 4.69) is 0 Å². The number of thioether (sulfide) groups is 2. The number of ether oxygens (including phenoxy) is 1. The Bertz CT molecular complexity index is 720. The number of fused-ring (bicyclic) bond motifs is 3. The molecule has 3 nitrogen and oxygen atoms in total. The number of hydrogen-bond donors (Lipinski definition) is 0. The van der Waals surface area contributed by atoms with Gasteiger partial charge in [-0.25, -0.2) is 0 Å². The van der Waals surface area contributed by atoms with Crippen molar-refractivity contribution < 1.29 is 9.53 Å². The number of benzene rings is 2. The van der Waals surface area contributed by atoms with Crippen LogP contribution in [0.1, 0.15) is 17.7 Å². The summed E-state index contributed by atoms with van der Waals surface area (Å²) in [4.78, 5) is 15.9. The lowest BCUT2D eigenvalue weighted by Crippen LogP contribution is -2.28. The van der Waals surface area contributed by atoms with Crippen LogP contribution in [-0.2, 0) is 4.79 Å². The first-order chi connectivity index (χ1) is 10.8. The van der Waals surface area contributed by atoms with Crippen molar-refractivity contribution in [1.82, 2.24) is 0 Å². The average molecular weight is 329 g/mol. The molecule has 2 unspecified atom stereocenters. The van der Waals surface area contributed by atoms with Gasteiger partial charge in [-0.2, -0.15) is 0 Å². The summed E-state index contributed by atoms with van der Waals surface area (Å²) in [5, 5.41) is -0.0987. The van der Waals surface area contributed by atoms with Crippen molar-refractivity contribution in [3.63, 3.8) is 0 Å². The van der Waals surface area contributed by atoms with Crippen LogP contribution >= 0.6 is 23.5 Å². The molecule has 1 amide bonds. The van der Waals surface area contributed by atoms with Crippen LogP contribution in [0.5, 0.6) is 5.75 Å². The molecule has 2 aromatic rings. The highest BCUT2D eigenvalue weighted by Gasteiger charge is 2.47. The number of carbonyl (C=O) groups is 1. The van der Waals surface area contributed by atoms with Crippen molar-refractivity contribution in [2.45, 2.75) is 21.8 Å². The second kappa shape index (κ2) is 5.56. The standard InChI is InChI=1S/C17H15NO2S2/c1-2-20-12-8-9-13-14(10-12)21-17-18(13)16(19)15(22-17)11-6-4-3-5-7-11/h3-10,15,17H,2H2,1H3. The van der Waals surface area contributed by atoms with Gasteiger partial charge in [0.05, 0.1) is 12.3 Å². The van der Waals surface area contributed by atoms with Gasteiger partial charge in [0.25, 0.3) is 0 Å². The molecule has 2 aliphatic heterocycles. The summed E-state index contributed by atoms with van der Waals surface area (Å²) >= 11 is 3.45. The summed E-state index contributed by atoms with van der Waals surface area (Å²) in [6.07, 6.45) is 0. The van der Waals surface area contributed by atoms with Crippen molar-refractivity contribution in [3.8, 4) is 5.75 Å². The normalized spacial score (nSPS) is 22.6. The smallest absolute Gasteiger partial charge is 0.246 e. The highest BCUT2D eigenvalue weighted by molar-refractivity contribution is 8.18. The highest BCUT2D eigenvalue weighted by atomic mass is 32.2. The zero-order valence-electron chi connectivity index (χ0n) is 12.1. The van der Waals surface area contributed by atoms with Crippen LogP contribution in [0.15, 0.2) is 53.4 Å². The molecule has 0 radical (unpaired) electrons. The van der Waals surface area contributed by atoms with Crippen molar-refractivity contribution in [3.05, 3.63) is 54.1 Å². The molecule has 2 aliphatic rings. The van der Waals surface area contributed by atoms with E-state index >= 15 is 0 Å². The number of carbonyl (C=O) groups excluding carboxylic acids is 1. The van der Waals surface area contributed by atoms with E-state index in [-0.39, 0.29) is 15.9 Å². The van der Waals surface area contributed by atoms with Gasteiger partial charge in [-0.15, -0.1) is 11.8 Å². The van der Waals surface area contributed by atoms with E-state index in [1.165, 1.54) is 0 Å². The first-order valence-corrected chi connectivity index (χ1v) is 9.07. The predicted molar refractivity (Wildman–Crippen MR) is 91.5 cm³/mol. The maximum absolute atomic E-state index is 12.8. The van der Waals surface area contributed by atoms with Crippen molar-refractivity contribution >= 4 is 35.1 Å². The number of nitrogens with zero attached hydrogens (tertiary/aromatic N) is 1. The molecule has 112 valence electrons. The van der Waals surface area contributed by atoms with Gasteiger partial charge in [0, 0.05) is 4.90 Å². The quantitative estimate of drug-likeness (QED) is 0.840. The molecule has 4 rings (SSSR count). The van der Waals surface area contributed by atoms with E-state index in [0.717, 1.165) is 21.9 Å². The summed E-state index contributed by atoms with van der Waals surface area (Å²) in [6.45, 7) is 2.63. The molecular weight excluding hydrogens is 314 g/mol. The Morgan fingerprint density at radius 2 is 2.00 bits per heavy atom. The van der Waals surface area contributed by atoms with Crippen molar-refractivity contribution in [1.29, 1.82) is 0 Å². The lowest BCUT2D eigenvalue weighted by atomic mass is 10.1. The molecule has 2 heterocycles. The van der Waals surface area contributed by atoms with Gasteiger partial charge in [-0.3, -0.25) is 9.69 Å². The molecule has 22 heavy (non-hydrogen) atoms. The molecule has 0 spiro atoms. The molecule has 0 saturated carbocycles. The Kier molecular flexibility index (Phi) is 3.54. The molecule has 1 fully saturated rings. The molecule has 2 atom stereocenters. The zero-order valence-corrected chi connectivity index (χ0v) is 13.7. The van der Waals surface area contributed by atoms with Crippen LogP contribution in [0.2, 0.25) is 0 Å². The summed E-state index contributed by atoms with van der Waals surface area (Å²) in [5.74, 6) is 1.04. The van der Waals surface area contributed by atoms with Crippen molar-refractivity contribution in [2.75, 3.05) is 11.5 Å². The second-order valence-corrected chi connectivity index (χ2v) is 7.73. The Labute approximate surface area is 138 Å². The minimum atomic E-state index is -0.0987. The maximum atomic E-state index is 12.8. The van der Waals surface area contributed by atoms with Crippen LogP contribution in [-0.4, -0.2) is 17.2 Å². The van der Waals surface area contributed by atoms with Crippen LogP contribution in [0.3, 0.4) is 0 Å². The SMILES string of the molecule is CCOc1ccc2c(c1)SC1SC(c3ccccc3)C(=O)N21. The molecule has 0 aromatic heterocycles. The Morgan fingerprint density at radius 3 is 2.77 bits per heavy atom. The topological polar surface area (TPSA) is 29.5 Å². The minimum Gasteiger partial charge on any atom is -0.494 e. The average Bonchev–Trinajstić information content (AvgIpc) is 3.05. The second-order valence-electron chi connectivity index (χ2n) is 5.12. The van der Waals surface area contributed by atoms with Crippen LogP contribution < -0.4 is 9.64 Å². The van der Waals surface area contributed by atoms with E-state index in [4.69, 9.17) is 4.74 Å². The fraction of sp³-hybridized carbons (Fsp3) is 0.235. The van der Waals surface area contributed by atoms with Gasteiger partial charge in [-0.1, -0.05) is 42.1 Å². The summed E-state index contributed by atoms with van der Waals surface area (Å²) in [7, 11) is 0. The monoisotopic (exact) mass is 329 g/mol. The summed E-state index contributed by atoms with van der Waals surface area (Å²) < 4.78 is 5.68. The lowest BCUT2D eigenvalue weighted by Gasteiger charge is -2.15. The maximum Gasteiger partial charge on any atom is 0.246 e. The van der Waals surface area contributed by atoms with E-state index in [9.17, 15) is 4.79 Å². The van der Waals surface area contributed by atoms with E-state index in [1.807, 2.05) is 60.4 Å². The third-order valence-corrected chi connectivity index (χ3v) is 6.56. The van der Waals surface area contributed by atoms with E-state index in [0.29, 0.717) is 6.61 Å². The first-order valence-electron chi connectivity index (χ1n) is 7.25. The van der Waals surface area contributed by atoms with Crippen LogP contribution in [0.4, 0.5) is 5.69 Å².